The van der Waals surface area contributed by atoms with Gasteiger partial charge < -0.3 is 9.73 Å². The Kier molecular flexibility index (Phi) is 5.01. The van der Waals surface area contributed by atoms with Gasteiger partial charge in [-0.1, -0.05) is 78.9 Å². The van der Waals surface area contributed by atoms with Crippen molar-refractivity contribution in [1.82, 2.24) is 5.32 Å². The van der Waals surface area contributed by atoms with Gasteiger partial charge in [-0.2, -0.15) is 0 Å². The van der Waals surface area contributed by atoms with Crippen LogP contribution >= 0.6 is 0 Å². The Morgan fingerprint density at radius 1 is 0.852 bits per heavy atom. The van der Waals surface area contributed by atoms with Crippen molar-refractivity contribution in [1.29, 1.82) is 0 Å². The molecular formula is C24H21NO2. The lowest BCUT2D eigenvalue weighted by Crippen LogP contribution is -2.29. The highest BCUT2D eigenvalue weighted by atomic mass is 16.3. The van der Waals surface area contributed by atoms with Gasteiger partial charge in [0.25, 0.3) is 0 Å². The highest BCUT2D eigenvalue weighted by molar-refractivity contribution is 5.79. The molecule has 1 heterocycles. The van der Waals surface area contributed by atoms with Crippen LogP contribution in [0.3, 0.4) is 0 Å². The van der Waals surface area contributed by atoms with Crippen molar-refractivity contribution in [3.63, 3.8) is 0 Å². The Morgan fingerprint density at radius 3 is 2.26 bits per heavy atom. The molecule has 0 aliphatic heterocycles. The van der Waals surface area contributed by atoms with Crippen LogP contribution in [0.25, 0.3) is 11.0 Å². The molecule has 3 nitrogen and oxygen atoms in total. The summed E-state index contributed by atoms with van der Waals surface area (Å²) in [7, 11) is 0. The van der Waals surface area contributed by atoms with Gasteiger partial charge in [0.1, 0.15) is 17.4 Å². The lowest BCUT2D eigenvalue weighted by Gasteiger charge is -2.17. The van der Waals surface area contributed by atoms with E-state index in [0.717, 1.165) is 27.9 Å². The van der Waals surface area contributed by atoms with E-state index in [1.165, 1.54) is 0 Å². The third kappa shape index (κ3) is 4.09. The molecule has 0 aliphatic rings. The molecule has 134 valence electrons. The largest absolute Gasteiger partial charge is 0.459 e. The van der Waals surface area contributed by atoms with Gasteiger partial charge in [0.15, 0.2) is 0 Å². The number of furan rings is 1. The zero-order chi connectivity index (χ0) is 18.5. The van der Waals surface area contributed by atoms with Crippen LogP contribution in [0.5, 0.6) is 0 Å². The molecule has 3 heteroatoms. The van der Waals surface area contributed by atoms with Gasteiger partial charge in [-0.3, -0.25) is 4.79 Å². The van der Waals surface area contributed by atoms with E-state index in [-0.39, 0.29) is 11.9 Å². The molecule has 0 spiro atoms. The molecule has 0 radical (unpaired) electrons. The van der Waals surface area contributed by atoms with Crippen molar-refractivity contribution in [2.75, 3.05) is 0 Å². The second-order valence-electron chi connectivity index (χ2n) is 6.58. The van der Waals surface area contributed by atoms with Crippen LogP contribution in [-0.2, 0) is 11.2 Å². The van der Waals surface area contributed by atoms with E-state index in [0.29, 0.717) is 12.8 Å². The van der Waals surface area contributed by atoms with E-state index in [1.54, 1.807) is 0 Å². The fraction of sp³-hybridized carbons (Fsp3) is 0.125. The molecule has 3 aromatic carbocycles. The Bertz CT molecular complexity index is 989. The molecule has 0 bridgehead atoms. The van der Waals surface area contributed by atoms with Crippen LogP contribution in [0.4, 0.5) is 0 Å². The number of aryl methyl sites for hydroxylation is 1. The number of benzene rings is 3. The molecule has 0 fully saturated rings. The predicted molar refractivity (Wildman–Crippen MR) is 107 cm³/mol. The van der Waals surface area contributed by atoms with E-state index >= 15 is 0 Å². The summed E-state index contributed by atoms with van der Waals surface area (Å²) in [5.41, 5.74) is 2.99. The number of amides is 1. The van der Waals surface area contributed by atoms with Crippen LogP contribution in [0.2, 0.25) is 0 Å². The topological polar surface area (TPSA) is 42.2 Å². The number of fused-ring (bicyclic) bond motifs is 1. The molecule has 0 unspecified atom stereocenters. The Morgan fingerprint density at radius 2 is 1.52 bits per heavy atom. The zero-order valence-corrected chi connectivity index (χ0v) is 15.0. The van der Waals surface area contributed by atoms with Gasteiger partial charge in [0, 0.05) is 11.8 Å². The zero-order valence-electron chi connectivity index (χ0n) is 15.0. The van der Waals surface area contributed by atoms with Gasteiger partial charge in [-0.25, -0.2) is 0 Å². The van der Waals surface area contributed by atoms with E-state index in [4.69, 9.17) is 4.42 Å². The Balaban J connectivity index is 1.56. The number of carbonyl (C=O) groups excluding carboxylic acids is 1. The minimum Gasteiger partial charge on any atom is -0.459 e. The molecule has 0 saturated heterocycles. The second kappa shape index (κ2) is 7.92. The van der Waals surface area contributed by atoms with E-state index in [2.05, 4.69) is 5.32 Å². The molecule has 1 aromatic heterocycles. The van der Waals surface area contributed by atoms with Crippen LogP contribution in [0.15, 0.2) is 95.4 Å². The quantitative estimate of drug-likeness (QED) is 0.512. The Labute approximate surface area is 158 Å². The number of rotatable bonds is 6. The van der Waals surface area contributed by atoms with Crippen molar-refractivity contribution in [2.45, 2.75) is 18.9 Å². The molecule has 27 heavy (non-hydrogen) atoms. The molecule has 4 aromatic rings. The van der Waals surface area contributed by atoms with Crippen LogP contribution < -0.4 is 5.32 Å². The maximum Gasteiger partial charge on any atom is 0.221 e. The smallest absolute Gasteiger partial charge is 0.221 e. The maximum absolute atomic E-state index is 12.6. The monoisotopic (exact) mass is 355 g/mol. The lowest BCUT2D eigenvalue weighted by atomic mass is 10.0. The summed E-state index contributed by atoms with van der Waals surface area (Å²) in [5.74, 6) is 0.753. The molecule has 0 aliphatic carbocycles. The van der Waals surface area contributed by atoms with Crippen LogP contribution in [0.1, 0.15) is 29.3 Å². The summed E-state index contributed by atoms with van der Waals surface area (Å²) >= 11 is 0. The maximum atomic E-state index is 12.6. The summed E-state index contributed by atoms with van der Waals surface area (Å²) in [6.07, 6.45) is 1.15. The van der Waals surface area contributed by atoms with Crippen molar-refractivity contribution in [3.05, 3.63) is 108 Å². The molecule has 1 atom stereocenters. The van der Waals surface area contributed by atoms with Gasteiger partial charge in [-0.05, 0) is 29.7 Å². The number of hydrogen-bond donors (Lipinski definition) is 1. The molecule has 4 rings (SSSR count). The average Bonchev–Trinajstić information content (AvgIpc) is 3.16. The molecule has 1 N–H and O–H groups in total. The van der Waals surface area contributed by atoms with E-state index in [1.807, 2.05) is 91.0 Å². The van der Waals surface area contributed by atoms with Crippen molar-refractivity contribution in [3.8, 4) is 0 Å². The van der Waals surface area contributed by atoms with E-state index < -0.39 is 0 Å². The fourth-order valence-electron chi connectivity index (χ4n) is 3.24. The molecular weight excluding hydrogens is 334 g/mol. The number of nitrogens with one attached hydrogen (secondary N) is 1. The second-order valence-corrected chi connectivity index (χ2v) is 6.58. The van der Waals surface area contributed by atoms with Crippen molar-refractivity contribution < 1.29 is 9.21 Å². The highest BCUT2D eigenvalue weighted by Crippen LogP contribution is 2.28. The summed E-state index contributed by atoms with van der Waals surface area (Å²) in [6.45, 7) is 0. The standard InChI is InChI=1S/C24H21NO2/c26-23(16-15-18-9-3-1-4-10-18)25-24(19-11-5-2-6-12-19)22-17-20-13-7-8-14-21(20)27-22/h1-14,17,24H,15-16H2,(H,25,26)/t24-/m1/s1. The Hall–Kier alpha value is -3.33. The van der Waals surface area contributed by atoms with Gasteiger partial charge in [0.05, 0.1) is 0 Å². The molecule has 0 saturated carbocycles. The highest BCUT2D eigenvalue weighted by Gasteiger charge is 2.20. The first-order valence-electron chi connectivity index (χ1n) is 9.16. The minimum absolute atomic E-state index is 0.00756. The summed E-state index contributed by atoms with van der Waals surface area (Å²) in [4.78, 5) is 12.6. The van der Waals surface area contributed by atoms with Crippen LogP contribution in [-0.4, -0.2) is 5.91 Å². The van der Waals surface area contributed by atoms with Gasteiger partial charge >= 0.3 is 0 Å². The SMILES string of the molecule is O=C(CCc1ccccc1)N[C@H](c1ccccc1)c1cc2ccccc2o1. The first-order chi connectivity index (χ1) is 13.3. The summed E-state index contributed by atoms with van der Waals surface area (Å²) in [6, 6.07) is 29.6. The van der Waals surface area contributed by atoms with Crippen molar-refractivity contribution >= 4 is 16.9 Å². The van der Waals surface area contributed by atoms with Gasteiger partial charge in [-0.15, -0.1) is 0 Å². The van der Waals surface area contributed by atoms with E-state index in [9.17, 15) is 4.79 Å². The lowest BCUT2D eigenvalue weighted by molar-refractivity contribution is -0.121. The third-order valence-corrected chi connectivity index (χ3v) is 4.65. The number of hydrogen-bond acceptors (Lipinski definition) is 2. The van der Waals surface area contributed by atoms with Gasteiger partial charge in [0.2, 0.25) is 5.91 Å². The van der Waals surface area contributed by atoms with Crippen LogP contribution in [0, 0.1) is 0 Å². The number of carbonyl (C=O) groups is 1. The summed E-state index contributed by atoms with van der Waals surface area (Å²) in [5, 5.41) is 4.18. The fourth-order valence-corrected chi connectivity index (χ4v) is 3.24. The third-order valence-electron chi connectivity index (χ3n) is 4.65. The average molecular weight is 355 g/mol. The molecule has 1 amide bonds. The minimum atomic E-state index is -0.304. The van der Waals surface area contributed by atoms with Crippen molar-refractivity contribution in [2.24, 2.45) is 0 Å². The predicted octanol–water partition coefficient (Wildman–Crippen LogP) is 5.27. The number of para-hydroxylation sites is 1. The normalized spacial score (nSPS) is 12.0. The first kappa shape index (κ1) is 17.1. The first-order valence-corrected chi connectivity index (χ1v) is 9.16. The summed E-state index contributed by atoms with van der Waals surface area (Å²) < 4.78 is 6.03.